The summed E-state index contributed by atoms with van der Waals surface area (Å²) in [4.78, 5) is 29.6. The third kappa shape index (κ3) is 7.08. The van der Waals surface area contributed by atoms with Crippen LogP contribution in [-0.4, -0.2) is 41.8 Å². The first kappa shape index (κ1) is 25.7. The predicted octanol–water partition coefficient (Wildman–Crippen LogP) is 5.21. The van der Waals surface area contributed by atoms with Crippen LogP contribution in [0.5, 0.6) is 11.5 Å². The van der Waals surface area contributed by atoms with Crippen LogP contribution in [0.15, 0.2) is 22.6 Å². The lowest BCUT2D eigenvalue weighted by molar-refractivity contribution is -0.0515. The lowest BCUT2D eigenvalue weighted by Crippen LogP contribution is -2.35. The fraction of sp³-hybridized carbons (Fsp3) is 0.560. The summed E-state index contributed by atoms with van der Waals surface area (Å²) in [5.41, 5.74) is -0.283. The molecular weight excluding hydrogens is 476 g/mol. The summed E-state index contributed by atoms with van der Waals surface area (Å²) in [6, 6.07) is 3.66. The number of carbonyl (C=O) groups excluding carboxylic acids is 2. The number of rotatable bonds is 10. The van der Waals surface area contributed by atoms with Gasteiger partial charge in [-0.15, -0.1) is 0 Å². The van der Waals surface area contributed by atoms with Crippen molar-refractivity contribution in [2.45, 2.75) is 77.7 Å². The van der Waals surface area contributed by atoms with Crippen molar-refractivity contribution in [1.29, 1.82) is 0 Å². The Morgan fingerprint density at radius 2 is 1.89 bits per heavy atom. The molecule has 1 heterocycles. The molecule has 2 aromatic rings. The molecule has 1 atom stereocenters. The van der Waals surface area contributed by atoms with Gasteiger partial charge in [-0.05, 0) is 77.5 Å². The number of alkyl carbamates (subject to hydrolysis) is 1. The fourth-order valence-electron chi connectivity index (χ4n) is 3.38. The molecule has 0 saturated heterocycles. The first-order valence-electron chi connectivity index (χ1n) is 12.0. The van der Waals surface area contributed by atoms with Gasteiger partial charge in [0.2, 0.25) is 5.89 Å². The van der Waals surface area contributed by atoms with E-state index in [9.17, 15) is 18.4 Å². The maximum absolute atomic E-state index is 12.9. The Labute approximate surface area is 207 Å². The Hall–Kier alpha value is -3.37. The number of ether oxygens (including phenoxy) is 3. The molecule has 0 spiro atoms. The molecule has 11 heteroatoms. The van der Waals surface area contributed by atoms with Gasteiger partial charge in [-0.25, -0.2) is 9.78 Å². The van der Waals surface area contributed by atoms with Gasteiger partial charge in [0.25, 0.3) is 5.91 Å². The molecule has 1 unspecified atom stereocenters. The number of hydrogen-bond donors (Lipinski definition) is 2. The molecule has 0 bridgehead atoms. The van der Waals surface area contributed by atoms with Crippen molar-refractivity contribution in [2.24, 2.45) is 5.92 Å². The molecule has 0 radical (unpaired) electrons. The van der Waals surface area contributed by atoms with Crippen LogP contribution in [0.4, 0.5) is 13.6 Å². The molecule has 36 heavy (non-hydrogen) atoms. The van der Waals surface area contributed by atoms with Crippen LogP contribution in [0.1, 0.15) is 75.7 Å². The SMILES string of the molecule is CC(NC(=O)OC(C)(C)C)c1oc(-c2ccc(OC(F)F)c(OCC3CC3)c2)nc1C(=O)NC1CC1. The van der Waals surface area contributed by atoms with Gasteiger partial charge in [-0.3, -0.25) is 4.79 Å². The molecule has 4 rings (SSSR count). The third-order valence-corrected chi connectivity index (χ3v) is 5.49. The van der Waals surface area contributed by atoms with Crippen molar-refractivity contribution in [3.63, 3.8) is 0 Å². The van der Waals surface area contributed by atoms with Gasteiger partial charge in [-0.1, -0.05) is 0 Å². The standard InChI is InChI=1S/C25H31F2N3O6/c1-13(28-24(32)36-25(2,3)4)20-19(21(31)29-16-8-9-16)30-22(35-20)15-7-10-17(34-23(26)27)18(11-15)33-12-14-5-6-14/h7,10-11,13-14,16,23H,5-6,8-9,12H2,1-4H3,(H,28,32)(H,29,31). The highest BCUT2D eigenvalue weighted by molar-refractivity contribution is 5.94. The van der Waals surface area contributed by atoms with E-state index >= 15 is 0 Å². The van der Waals surface area contributed by atoms with Crippen molar-refractivity contribution < 1.29 is 37.0 Å². The van der Waals surface area contributed by atoms with Gasteiger partial charge < -0.3 is 29.3 Å². The Kier molecular flexibility index (Phi) is 7.37. The topological polar surface area (TPSA) is 112 Å². The molecule has 1 aromatic heterocycles. The van der Waals surface area contributed by atoms with Crippen LogP contribution in [-0.2, 0) is 4.74 Å². The van der Waals surface area contributed by atoms with Crippen LogP contribution in [0.25, 0.3) is 11.5 Å². The van der Waals surface area contributed by atoms with E-state index < -0.39 is 30.3 Å². The Bertz CT molecular complexity index is 1110. The van der Waals surface area contributed by atoms with Gasteiger partial charge in [0.15, 0.2) is 23.0 Å². The third-order valence-electron chi connectivity index (χ3n) is 5.49. The highest BCUT2D eigenvalue weighted by Gasteiger charge is 2.31. The monoisotopic (exact) mass is 507 g/mol. The Balaban J connectivity index is 1.62. The Morgan fingerprint density at radius 3 is 2.50 bits per heavy atom. The number of oxazole rings is 1. The average molecular weight is 508 g/mol. The van der Waals surface area contributed by atoms with Crippen LogP contribution in [0, 0.1) is 5.92 Å². The molecule has 196 valence electrons. The molecule has 2 aliphatic rings. The summed E-state index contributed by atoms with van der Waals surface area (Å²) < 4.78 is 47.4. The molecule has 1 aromatic carbocycles. The molecule has 2 fully saturated rings. The first-order chi connectivity index (χ1) is 17.0. The highest BCUT2D eigenvalue weighted by Crippen LogP contribution is 2.37. The van der Waals surface area contributed by atoms with E-state index in [0.717, 1.165) is 25.7 Å². The zero-order valence-electron chi connectivity index (χ0n) is 20.7. The van der Waals surface area contributed by atoms with Crippen LogP contribution < -0.4 is 20.1 Å². The minimum absolute atomic E-state index is 0.0221. The smallest absolute Gasteiger partial charge is 0.408 e. The van der Waals surface area contributed by atoms with E-state index in [1.54, 1.807) is 27.7 Å². The second-order valence-electron chi connectivity index (χ2n) is 10.1. The number of halogens is 2. The average Bonchev–Trinajstić information content (AvgIpc) is 3.70. The van der Waals surface area contributed by atoms with Crippen LogP contribution in [0.2, 0.25) is 0 Å². The summed E-state index contributed by atoms with van der Waals surface area (Å²) in [6.07, 6.45) is 3.13. The second kappa shape index (κ2) is 10.3. The molecule has 0 aliphatic heterocycles. The molecule has 2 saturated carbocycles. The normalized spacial score (nSPS) is 16.4. The lowest BCUT2D eigenvalue weighted by Gasteiger charge is -2.21. The number of hydrogen-bond acceptors (Lipinski definition) is 7. The van der Waals surface area contributed by atoms with E-state index in [1.807, 2.05) is 0 Å². The maximum atomic E-state index is 12.9. The number of benzene rings is 1. The van der Waals surface area contributed by atoms with Gasteiger partial charge in [0.1, 0.15) is 5.60 Å². The number of nitrogens with zero attached hydrogens (tertiary/aromatic N) is 1. The summed E-state index contributed by atoms with van der Waals surface area (Å²) in [6.45, 7) is 4.23. The van der Waals surface area contributed by atoms with Gasteiger partial charge >= 0.3 is 12.7 Å². The lowest BCUT2D eigenvalue weighted by atomic mass is 10.2. The molecule has 2 amide bonds. The number of nitrogens with one attached hydrogen (secondary N) is 2. The van der Waals surface area contributed by atoms with Crippen LogP contribution in [0.3, 0.4) is 0 Å². The van der Waals surface area contributed by atoms with E-state index in [1.165, 1.54) is 18.2 Å². The van der Waals surface area contributed by atoms with Gasteiger partial charge in [0.05, 0.1) is 12.6 Å². The van der Waals surface area contributed by atoms with Crippen molar-refractivity contribution in [1.82, 2.24) is 15.6 Å². The maximum Gasteiger partial charge on any atom is 0.408 e. The summed E-state index contributed by atoms with van der Waals surface area (Å²) in [7, 11) is 0. The summed E-state index contributed by atoms with van der Waals surface area (Å²) in [5.74, 6) is 0.198. The zero-order valence-corrected chi connectivity index (χ0v) is 20.7. The van der Waals surface area contributed by atoms with Gasteiger partial charge in [0, 0.05) is 11.6 Å². The molecule has 2 N–H and O–H groups in total. The molecular formula is C25H31F2N3O6. The minimum atomic E-state index is -3.01. The summed E-state index contributed by atoms with van der Waals surface area (Å²) >= 11 is 0. The zero-order chi connectivity index (χ0) is 26.0. The molecule has 2 aliphatic carbocycles. The Morgan fingerprint density at radius 1 is 1.17 bits per heavy atom. The van der Waals surface area contributed by atoms with E-state index in [-0.39, 0.29) is 34.9 Å². The fourth-order valence-corrected chi connectivity index (χ4v) is 3.38. The highest BCUT2D eigenvalue weighted by atomic mass is 19.3. The number of alkyl halides is 2. The quantitative estimate of drug-likeness (QED) is 0.454. The number of carbonyl (C=O) groups is 2. The first-order valence-corrected chi connectivity index (χ1v) is 12.0. The second-order valence-corrected chi connectivity index (χ2v) is 10.1. The summed E-state index contributed by atoms with van der Waals surface area (Å²) in [5, 5.41) is 5.53. The van der Waals surface area contributed by atoms with Crippen LogP contribution >= 0.6 is 0 Å². The van der Waals surface area contributed by atoms with E-state index in [4.69, 9.17) is 13.9 Å². The minimum Gasteiger partial charge on any atom is -0.489 e. The number of amides is 2. The van der Waals surface area contributed by atoms with Crippen molar-refractivity contribution >= 4 is 12.0 Å². The molecule has 9 nitrogen and oxygen atoms in total. The van der Waals surface area contributed by atoms with Crippen molar-refractivity contribution in [2.75, 3.05) is 6.61 Å². The van der Waals surface area contributed by atoms with E-state index in [2.05, 4.69) is 20.4 Å². The number of aromatic nitrogens is 1. The predicted molar refractivity (Wildman–Crippen MR) is 125 cm³/mol. The van der Waals surface area contributed by atoms with Crippen molar-refractivity contribution in [3.8, 4) is 23.0 Å². The van der Waals surface area contributed by atoms with E-state index in [0.29, 0.717) is 18.1 Å². The van der Waals surface area contributed by atoms with Gasteiger partial charge in [-0.2, -0.15) is 8.78 Å². The van der Waals surface area contributed by atoms with Crippen molar-refractivity contribution in [3.05, 3.63) is 29.7 Å². The largest absolute Gasteiger partial charge is 0.489 e.